The molecule has 1 saturated carbocycles. The summed E-state index contributed by atoms with van der Waals surface area (Å²) in [6.07, 6.45) is 5.22. The van der Waals surface area contributed by atoms with Gasteiger partial charge in [0.25, 0.3) is 0 Å². The van der Waals surface area contributed by atoms with Gasteiger partial charge in [0.15, 0.2) is 0 Å². The van der Waals surface area contributed by atoms with Crippen LogP contribution in [0.5, 0.6) is 0 Å². The fourth-order valence-electron chi connectivity index (χ4n) is 3.14. The lowest BCUT2D eigenvalue weighted by Gasteiger charge is -2.14. The molecule has 0 aliphatic heterocycles. The van der Waals surface area contributed by atoms with E-state index in [1.54, 1.807) is 10.9 Å². The third-order valence-corrected chi connectivity index (χ3v) is 4.74. The summed E-state index contributed by atoms with van der Waals surface area (Å²) < 4.78 is 6.96. The van der Waals surface area contributed by atoms with Gasteiger partial charge in [-0.25, -0.2) is 4.68 Å². The molecule has 1 heterocycles. The Balaban J connectivity index is 1.55. The first-order valence-corrected chi connectivity index (χ1v) is 8.48. The molecule has 3 aromatic rings. The number of hydrogen-bond acceptors (Lipinski definition) is 4. The molecular formula is C20H19N3O2. The maximum absolute atomic E-state index is 12.2. The Morgan fingerprint density at radius 3 is 2.24 bits per heavy atom. The van der Waals surface area contributed by atoms with Gasteiger partial charge < -0.3 is 4.74 Å². The molecule has 1 aromatic heterocycles. The number of carbonyl (C=O) groups excluding carboxylic acids is 1. The average Bonchev–Trinajstić information content (AvgIpc) is 3.29. The first-order valence-electron chi connectivity index (χ1n) is 8.48. The minimum absolute atomic E-state index is 0.0973. The fraction of sp³-hybridized carbons (Fsp3) is 0.250. The first kappa shape index (κ1) is 15.6. The van der Waals surface area contributed by atoms with Crippen molar-refractivity contribution in [2.24, 2.45) is 0 Å². The van der Waals surface area contributed by atoms with Crippen LogP contribution in [-0.4, -0.2) is 27.6 Å². The van der Waals surface area contributed by atoms with Crippen LogP contribution >= 0.6 is 0 Å². The van der Waals surface area contributed by atoms with Gasteiger partial charge >= 0.3 is 5.97 Å². The molecule has 0 unspecified atom stereocenters. The van der Waals surface area contributed by atoms with Crippen molar-refractivity contribution in [3.8, 4) is 16.8 Å². The van der Waals surface area contributed by atoms with Crippen molar-refractivity contribution in [2.45, 2.75) is 25.2 Å². The highest BCUT2D eigenvalue weighted by Crippen LogP contribution is 2.49. The van der Waals surface area contributed by atoms with Crippen molar-refractivity contribution in [3.05, 3.63) is 66.5 Å². The Morgan fingerprint density at radius 1 is 1.08 bits per heavy atom. The summed E-state index contributed by atoms with van der Waals surface area (Å²) >= 11 is 0. The molecule has 0 spiro atoms. The molecule has 0 amide bonds. The molecule has 126 valence electrons. The van der Waals surface area contributed by atoms with Crippen LogP contribution in [0.15, 0.2) is 60.9 Å². The van der Waals surface area contributed by atoms with E-state index in [9.17, 15) is 4.79 Å². The van der Waals surface area contributed by atoms with Crippen LogP contribution in [0.4, 0.5) is 0 Å². The predicted molar refractivity (Wildman–Crippen MR) is 94.3 cm³/mol. The number of aromatic nitrogens is 3. The van der Waals surface area contributed by atoms with Gasteiger partial charge in [-0.05, 0) is 48.6 Å². The molecule has 5 nitrogen and oxygen atoms in total. The SMILES string of the molecule is CCOC(=O)C1(c2ccc(-c3ccc(-n4ccnn4)cc3)cc2)CC1. The van der Waals surface area contributed by atoms with Crippen LogP contribution in [0.2, 0.25) is 0 Å². The van der Waals surface area contributed by atoms with Crippen LogP contribution in [0.1, 0.15) is 25.3 Å². The number of nitrogens with zero attached hydrogens (tertiary/aromatic N) is 3. The Kier molecular flexibility index (Phi) is 3.84. The highest BCUT2D eigenvalue weighted by molar-refractivity contribution is 5.87. The van der Waals surface area contributed by atoms with Gasteiger partial charge in [-0.1, -0.05) is 41.6 Å². The highest BCUT2D eigenvalue weighted by atomic mass is 16.5. The number of carbonyl (C=O) groups is 1. The van der Waals surface area contributed by atoms with Gasteiger partial charge in [0.2, 0.25) is 0 Å². The van der Waals surface area contributed by atoms with Crippen molar-refractivity contribution in [1.29, 1.82) is 0 Å². The van der Waals surface area contributed by atoms with E-state index in [0.29, 0.717) is 6.61 Å². The molecule has 1 fully saturated rings. The van der Waals surface area contributed by atoms with Crippen molar-refractivity contribution < 1.29 is 9.53 Å². The van der Waals surface area contributed by atoms with E-state index >= 15 is 0 Å². The zero-order valence-corrected chi connectivity index (χ0v) is 14.1. The second-order valence-corrected chi connectivity index (χ2v) is 6.27. The van der Waals surface area contributed by atoms with Crippen molar-refractivity contribution in [1.82, 2.24) is 15.0 Å². The Morgan fingerprint density at radius 2 is 1.72 bits per heavy atom. The van der Waals surface area contributed by atoms with E-state index in [2.05, 4.69) is 34.6 Å². The lowest BCUT2D eigenvalue weighted by molar-refractivity contribution is -0.146. The molecule has 0 radical (unpaired) electrons. The minimum atomic E-state index is -0.411. The Labute approximate surface area is 146 Å². The van der Waals surface area contributed by atoms with Crippen molar-refractivity contribution in [3.63, 3.8) is 0 Å². The van der Waals surface area contributed by atoms with Gasteiger partial charge in [0.1, 0.15) is 0 Å². The standard InChI is InChI=1S/C20H19N3O2/c1-2-25-19(24)20(11-12-20)17-7-3-15(4-8-17)16-5-9-18(10-6-16)23-14-13-21-22-23/h3-10,13-14H,2,11-12H2,1H3. The van der Waals surface area contributed by atoms with Gasteiger partial charge in [-0.3, -0.25) is 4.79 Å². The summed E-state index contributed by atoms with van der Waals surface area (Å²) in [5.41, 5.74) is 3.85. The van der Waals surface area contributed by atoms with Crippen molar-refractivity contribution >= 4 is 5.97 Å². The number of rotatable bonds is 5. The number of esters is 1. The van der Waals surface area contributed by atoms with E-state index in [1.165, 1.54) is 0 Å². The molecule has 5 heteroatoms. The largest absolute Gasteiger partial charge is 0.465 e. The number of ether oxygens (including phenoxy) is 1. The molecule has 0 N–H and O–H groups in total. The lowest BCUT2D eigenvalue weighted by atomic mass is 9.93. The van der Waals surface area contributed by atoms with Gasteiger partial charge in [-0.2, -0.15) is 0 Å². The summed E-state index contributed by atoms with van der Waals surface area (Å²) in [7, 11) is 0. The van der Waals surface area contributed by atoms with Crippen LogP contribution in [0.3, 0.4) is 0 Å². The summed E-state index contributed by atoms with van der Waals surface area (Å²) in [4.78, 5) is 12.2. The average molecular weight is 333 g/mol. The topological polar surface area (TPSA) is 57.0 Å². The maximum atomic E-state index is 12.2. The predicted octanol–water partition coefficient (Wildman–Crippen LogP) is 3.53. The molecule has 0 saturated heterocycles. The summed E-state index contributed by atoms with van der Waals surface area (Å²) in [6.45, 7) is 2.27. The third kappa shape index (κ3) is 2.82. The van der Waals surface area contributed by atoms with E-state index < -0.39 is 5.41 Å². The quantitative estimate of drug-likeness (QED) is 0.670. The number of hydrogen-bond donors (Lipinski definition) is 0. The highest BCUT2D eigenvalue weighted by Gasteiger charge is 2.52. The van der Waals surface area contributed by atoms with E-state index in [4.69, 9.17) is 4.74 Å². The molecule has 0 bridgehead atoms. The second kappa shape index (κ2) is 6.16. The van der Waals surface area contributed by atoms with Crippen LogP contribution < -0.4 is 0 Å². The molecule has 25 heavy (non-hydrogen) atoms. The molecule has 2 aromatic carbocycles. The van der Waals surface area contributed by atoms with Gasteiger partial charge in [0.05, 0.1) is 30.1 Å². The summed E-state index contributed by atoms with van der Waals surface area (Å²) in [6, 6.07) is 16.4. The van der Waals surface area contributed by atoms with E-state index in [1.807, 2.05) is 37.4 Å². The lowest BCUT2D eigenvalue weighted by Crippen LogP contribution is -2.23. The minimum Gasteiger partial charge on any atom is -0.465 e. The smallest absolute Gasteiger partial charge is 0.316 e. The summed E-state index contributed by atoms with van der Waals surface area (Å²) in [5.74, 6) is -0.0973. The van der Waals surface area contributed by atoms with Crippen LogP contribution in [-0.2, 0) is 14.9 Å². The van der Waals surface area contributed by atoms with Crippen LogP contribution in [0, 0.1) is 0 Å². The zero-order valence-electron chi connectivity index (χ0n) is 14.1. The van der Waals surface area contributed by atoms with Crippen molar-refractivity contribution in [2.75, 3.05) is 6.61 Å². The molecule has 1 aliphatic carbocycles. The second-order valence-electron chi connectivity index (χ2n) is 6.27. The van der Waals surface area contributed by atoms with E-state index in [-0.39, 0.29) is 5.97 Å². The normalized spacial score (nSPS) is 14.9. The van der Waals surface area contributed by atoms with Gasteiger partial charge in [-0.15, -0.1) is 5.10 Å². The first-order chi connectivity index (χ1) is 12.2. The fourth-order valence-corrected chi connectivity index (χ4v) is 3.14. The molecule has 4 rings (SSSR count). The van der Waals surface area contributed by atoms with Gasteiger partial charge in [0, 0.05) is 0 Å². The molecule has 1 aliphatic rings. The Bertz CT molecular complexity index is 864. The molecule has 0 atom stereocenters. The monoisotopic (exact) mass is 333 g/mol. The maximum Gasteiger partial charge on any atom is 0.316 e. The Hall–Kier alpha value is -2.95. The molecular weight excluding hydrogens is 314 g/mol. The summed E-state index contributed by atoms with van der Waals surface area (Å²) in [5, 5.41) is 7.81. The van der Waals surface area contributed by atoms with E-state index in [0.717, 1.165) is 35.2 Å². The third-order valence-electron chi connectivity index (χ3n) is 4.74. The number of benzene rings is 2. The zero-order chi connectivity index (χ0) is 17.3. The van der Waals surface area contributed by atoms with Crippen LogP contribution in [0.25, 0.3) is 16.8 Å².